The molecule has 2 aromatic carbocycles. The highest BCUT2D eigenvalue weighted by Crippen LogP contribution is 2.31. The number of likely N-dealkylation sites (tertiary alicyclic amines) is 1. The van der Waals surface area contributed by atoms with Crippen LogP contribution in [0.3, 0.4) is 0 Å². The van der Waals surface area contributed by atoms with Gasteiger partial charge in [-0.25, -0.2) is 0 Å². The van der Waals surface area contributed by atoms with Crippen LogP contribution in [0.4, 0.5) is 0 Å². The van der Waals surface area contributed by atoms with Crippen molar-refractivity contribution in [2.45, 2.75) is 90.9 Å². The predicted octanol–water partition coefficient (Wildman–Crippen LogP) is 4.17. The molecule has 0 aromatic heterocycles. The average Bonchev–Trinajstić information content (AvgIpc) is 3.62. The van der Waals surface area contributed by atoms with Gasteiger partial charge in [0, 0.05) is 13.0 Å². The third kappa shape index (κ3) is 7.90. The molecule has 0 bridgehead atoms. The molecule has 3 N–H and O–H groups in total. The molecular weight excluding hydrogens is 476 g/mol. The summed E-state index contributed by atoms with van der Waals surface area (Å²) in [6, 6.07) is 16.2. The minimum absolute atomic E-state index is 0.0162. The SMILES string of the molecule is CC.CC.CN[C@@H](C)C(=O)N[C@@H](Cc1ccccc1)C(=O)N1CCCC1C(=O)NC1CCc2ccccc21. The number of carbonyl (C=O) groups is 3. The third-order valence-corrected chi connectivity index (χ3v) is 7.01. The van der Waals surface area contributed by atoms with Gasteiger partial charge in [-0.2, -0.15) is 0 Å². The van der Waals surface area contributed by atoms with Gasteiger partial charge in [0.1, 0.15) is 12.1 Å². The Balaban J connectivity index is 0.00000121. The summed E-state index contributed by atoms with van der Waals surface area (Å²) in [5.41, 5.74) is 3.40. The second kappa shape index (κ2) is 15.9. The number of benzene rings is 2. The Morgan fingerprint density at radius 2 is 1.61 bits per heavy atom. The van der Waals surface area contributed by atoms with Gasteiger partial charge in [-0.1, -0.05) is 82.3 Å². The maximum absolute atomic E-state index is 13.7. The van der Waals surface area contributed by atoms with Gasteiger partial charge in [0.15, 0.2) is 0 Å². The molecule has 7 nitrogen and oxygen atoms in total. The number of hydrogen-bond acceptors (Lipinski definition) is 4. The van der Waals surface area contributed by atoms with Gasteiger partial charge in [0.05, 0.1) is 12.1 Å². The monoisotopic (exact) mass is 522 g/mol. The van der Waals surface area contributed by atoms with Gasteiger partial charge >= 0.3 is 0 Å². The van der Waals surface area contributed by atoms with Crippen LogP contribution in [0, 0.1) is 0 Å². The summed E-state index contributed by atoms with van der Waals surface area (Å²) in [5, 5.41) is 9.02. The Kier molecular flexibility index (Phi) is 13.0. The fraction of sp³-hybridized carbons (Fsp3) is 0.516. The van der Waals surface area contributed by atoms with Gasteiger partial charge in [-0.3, -0.25) is 14.4 Å². The Morgan fingerprint density at radius 3 is 2.29 bits per heavy atom. The van der Waals surface area contributed by atoms with E-state index in [2.05, 4.69) is 28.1 Å². The van der Waals surface area contributed by atoms with E-state index >= 15 is 0 Å². The number of nitrogens with one attached hydrogen (secondary N) is 3. The third-order valence-electron chi connectivity index (χ3n) is 7.01. The van der Waals surface area contributed by atoms with Gasteiger partial charge in [0.25, 0.3) is 0 Å². The van der Waals surface area contributed by atoms with Crippen molar-refractivity contribution in [1.82, 2.24) is 20.9 Å². The first-order chi connectivity index (χ1) is 18.5. The molecule has 0 saturated carbocycles. The van der Waals surface area contributed by atoms with E-state index < -0.39 is 18.1 Å². The number of rotatable bonds is 8. The zero-order chi connectivity index (χ0) is 28.1. The smallest absolute Gasteiger partial charge is 0.246 e. The molecule has 7 heteroatoms. The minimum Gasteiger partial charge on any atom is -0.347 e. The van der Waals surface area contributed by atoms with Crippen LogP contribution >= 0.6 is 0 Å². The number of carbonyl (C=O) groups excluding carboxylic acids is 3. The number of hydrogen-bond donors (Lipinski definition) is 3. The highest BCUT2D eigenvalue weighted by atomic mass is 16.2. The lowest BCUT2D eigenvalue weighted by Crippen LogP contribution is -2.56. The van der Waals surface area contributed by atoms with Crippen molar-refractivity contribution in [3.63, 3.8) is 0 Å². The molecule has 1 fully saturated rings. The molecule has 1 aliphatic heterocycles. The van der Waals surface area contributed by atoms with Crippen molar-refractivity contribution in [2.24, 2.45) is 0 Å². The quantitative estimate of drug-likeness (QED) is 0.485. The first-order valence-electron chi connectivity index (χ1n) is 14.2. The second-order valence-corrected chi connectivity index (χ2v) is 9.25. The zero-order valence-corrected chi connectivity index (χ0v) is 23.9. The van der Waals surface area contributed by atoms with Crippen LogP contribution in [0.2, 0.25) is 0 Å². The molecule has 38 heavy (non-hydrogen) atoms. The number of nitrogens with zero attached hydrogens (tertiary/aromatic N) is 1. The molecule has 2 unspecified atom stereocenters. The fourth-order valence-corrected chi connectivity index (χ4v) is 4.96. The van der Waals surface area contributed by atoms with Crippen LogP contribution < -0.4 is 16.0 Å². The van der Waals surface area contributed by atoms with E-state index in [0.717, 1.165) is 24.8 Å². The average molecular weight is 523 g/mol. The molecule has 2 aliphatic rings. The standard InChI is InChI=1S/C27H34N4O3.2C2H6/c1-18(28-2)25(32)30-23(17-19-9-4-3-5-10-19)27(34)31-16-8-13-24(31)26(33)29-22-15-14-20-11-6-7-12-21(20)22;2*1-2/h3-7,9-12,18,22-24,28H,8,13-17H2,1-2H3,(H,29,33)(H,30,32);2*1-2H3/t18-,22?,23-,24?;;/m0../s1. The number of fused-ring (bicyclic) bond motifs is 1. The van der Waals surface area contributed by atoms with E-state index in [1.54, 1.807) is 18.9 Å². The van der Waals surface area contributed by atoms with Crippen LogP contribution in [0.15, 0.2) is 54.6 Å². The molecule has 1 aliphatic carbocycles. The summed E-state index contributed by atoms with van der Waals surface area (Å²) < 4.78 is 0. The Morgan fingerprint density at radius 1 is 0.947 bits per heavy atom. The van der Waals surface area contributed by atoms with E-state index in [0.29, 0.717) is 19.4 Å². The van der Waals surface area contributed by atoms with Crippen LogP contribution in [-0.4, -0.2) is 54.3 Å². The van der Waals surface area contributed by atoms with E-state index in [1.807, 2.05) is 70.2 Å². The molecule has 4 atom stereocenters. The van der Waals surface area contributed by atoms with Crippen molar-refractivity contribution in [3.05, 3.63) is 71.3 Å². The molecule has 0 radical (unpaired) electrons. The topological polar surface area (TPSA) is 90.5 Å². The summed E-state index contributed by atoms with van der Waals surface area (Å²) >= 11 is 0. The lowest BCUT2D eigenvalue weighted by atomic mass is 10.0. The number of aryl methyl sites for hydroxylation is 1. The van der Waals surface area contributed by atoms with Gasteiger partial charge in [-0.15, -0.1) is 0 Å². The van der Waals surface area contributed by atoms with E-state index in [-0.39, 0.29) is 23.8 Å². The van der Waals surface area contributed by atoms with E-state index in [1.165, 1.54) is 11.1 Å². The van der Waals surface area contributed by atoms with Gasteiger partial charge in [0.2, 0.25) is 17.7 Å². The van der Waals surface area contributed by atoms with Crippen molar-refractivity contribution >= 4 is 17.7 Å². The lowest BCUT2D eigenvalue weighted by molar-refractivity contribution is -0.141. The number of amides is 3. The fourth-order valence-electron chi connectivity index (χ4n) is 4.96. The second-order valence-electron chi connectivity index (χ2n) is 9.25. The van der Waals surface area contributed by atoms with Crippen LogP contribution in [0.5, 0.6) is 0 Å². The zero-order valence-electron chi connectivity index (χ0n) is 23.9. The maximum atomic E-state index is 13.7. The minimum atomic E-state index is -0.730. The van der Waals surface area contributed by atoms with Crippen LogP contribution in [-0.2, 0) is 27.2 Å². The predicted molar refractivity (Wildman–Crippen MR) is 154 cm³/mol. The van der Waals surface area contributed by atoms with Crippen molar-refractivity contribution in [3.8, 4) is 0 Å². The van der Waals surface area contributed by atoms with E-state index in [4.69, 9.17) is 0 Å². The van der Waals surface area contributed by atoms with Crippen molar-refractivity contribution in [2.75, 3.05) is 13.6 Å². The molecule has 2 aromatic rings. The first kappa shape index (κ1) is 31.0. The van der Waals surface area contributed by atoms with Gasteiger partial charge < -0.3 is 20.9 Å². The number of likely N-dealkylation sites (N-methyl/N-ethyl adjacent to an activating group) is 1. The first-order valence-corrected chi connectivity index (χ1v) is 14.2. The summed E-state index contributed by atoms with van der Waals surface area (Å²) in [6.07, 6.45) is 3.60. The van der Waals surface area contributed by atoms with Crippen LogP contribution in [0.1, 0.15) is 76.6 Å². The summed E-state index contributed by atoms with van der Waals surface area (Å²) in [5.74, 6) is -0.551. The normalized spacial score (nSPS) is 19.1. The largest absolute Gasteiger partial charge is 0.347 e. The summed E-state index contributed by atoms with van der Waals surface area (Å²) in [6.45, 7) is 10.3. The maximum Gasteiger partial charge on any atom is 0.246 e. The summed E-state index contributed by atoms with van der Waals surface area (Å²) in [7, 11) is 1.71. The summed E-state index contributed by atoms with van der Waals surface area (Å²) in [4.78, 5) is 41.2. The Hall–Kier alpha value is -3.19. The highest BCUT2D eigenvalue weighted by molar-refractivity contribution is 5.93. The highest BCUT2D eigenvalue weighted by Gasteiger charge is 2.39. The molecule has 1 saturated heterocycles. The molecule has 0 spiro atoms. The Labute approximate surface area is 228 Å². The lowest BCUT2D eigenvalue weighted by Gasteiger charge is -2.30. The van der Waals surface area contributed by atoms with Crippen molar-refractivity contribution < 1.29 is 14.4 Å². The Bertz CT molecular complexity index is 1030. The van der Waals surface area contributed by atoms with Crippen LogP contribution in [0.25, 0.3) is 0 Å². The van der Waals surface area contributed by atoms with E-state index in [9.17, 15) is 14.4 Å². The molecule has 1 heterocycles. The molecule has 208 valence electrons. The molecular formula is C31H46N4O3. The van der Waals surface area contributed by atoms with Crippen molar-refractivity contribution in [1.29, 1.82) is 0 Å². The molecule has 3 amide bonds. The molecule has 4 rings (SSSR count). The van der Waals surface area contributed by atoms with Gasteiger partial charge in [-0.05, 0) is 56.3 Å².